The molecule has 3 heteroatoms. The van der Waals surface area contributed by atoms with Gasteiger partial charge in [-0.25, -0.2) is 0 Å². The molecule has 0 radical (unpaired) electrons. The van der Waals surface area contributed by atoms with E-state index < -0.39 is 6.04 Å². The van der Waals surface area contributed by atoms with Crippen LogP contribution in [0.5, 0.6) is 0 Å². The van der Waals surface area contributed by atoms with E-state index in [1.165, 1.54) is 16.6 Å². The van der Waals surface area contributed by atoms with Gasteiger partial charge in [0.25, 0.3) is 6.71 Å². The second-order valence-electron chi connectivity index (χ2n) is 14.7. The van der Waals surface area contributed by atoms with E-state index >= 15 is 0 Å². The number of anilines is 6. The Balaban J connectivity index is 1.42. The molecule has 0 fully saturated rings. The molecule has 52 heavy (non-hydrogen) atoms. The zero-order valence-corrected chi connectivity index (χ0v) is 30.3. The van der Waals surface area contributed by atoms with Gasteiger partial charge < -0.3 is 9.80 Å². The molecule has 0 N–H and O–H groups in total. The average Bonchev–Trinajstić information content (AvgIpc) is 3.22. The average molecular weight is 676 g/mol. The van der Waals surface area contributed by atoms with Crippen LogP contribution in [0, 0.1) is 6.92 Å². The predicted molar refractivity (Wildman–Crippen MR) is 224 cm³/mol. The molecule has 7 aromatic rings. The maximum Gasteiger partial charge on any atom is 0.252 e. The largest absolute Gasteiger partial charge is 0.311 e. The highest BCUT2D eigenvalue weighted by atomic mass is 15.2. The number of rotatable bonds is 6. The van der Waals surface area contributed by atoms with E-state index in [1.807, 2.05) is 30.3 Å². The number of benzene rings is 7. The summed E-state index contributed by atoms with van der Waals surface area (Å²) < 4.78 is 44.2. The lowest BCUT2D eigenvalue weighted by atomic mass is 9.33. The van der Waals surface area contributed by atoms with Crippen molar-refractivity contribution in [3.05, 3.63) is 174 Å². The first kappa shape index (κ1) is 26.9. The lowest BCUT2D eigenvalue weighted by molar-refractivity contribution is 0.866. The van der Waals surface area contributed by atoms with E-state index in [4.69, 9.17) is 4.11 Å². The van der Waals surface area contributed by atoms with E-state index in [2.05, 4.69) is 141 Å². The third-order valence-electron chi connectivity index (χ3n) is 10.7. The van der Waals surface area contributed by atoms with Gasteiger partial charge in [0.1, 0.15) is 0 Å². The number of nitrogens with zero attached hydrogens (tertiary/aromatic N) is 2. The minimum absolute atomic E-state index is 0.0870. The van der Waals surface area contributed by atoms with E-state index in [9.17, 15) is 2.74 Å². The van der Waals surface area contributed by atoms with Gasteiger partial charge in [0.15, 0.2) is 0 Å². The van der Waals surface area contributed by atoms with Crippen molar-refractivity contribution in [2.24, 2.45) is 0 Å². The monoisotopic (exact) mass is 675 g/mol. The van der Waals surface area contributed by atoms with Gasteiger partial charge in [-0.05, 0) is 99.4 Å². The Morgan fingerprint density at radius 3 is 1.85 bits per heavy atom. The molecule has 0 aromatic heterocycles. The molecule has 252 valence electrons. The summed E-state index contributed by atoms with van der Waals surface area (Å²) in [6.45, 7) is 11.0. The quantitative estimate of drug-likeness (QED) is 0.162. The van der Waals surface area contributed by atoms with E-state index in [0.717, 1.165) is 61.7 Å². The third kappa shape index (κ3) is 5.18. The Morgan fingerprint density at radius 1 is 0.519 bits per heavy atom. The minimum Gasteiger partial charge on any atom is -0.311 e. The van der Waals surface area contributed by atoms with E-state index in [0.29, 0.717) is 17.4 Å². The summed E-state index contributed by atoms with van der Waals surface area (Å²) in [5.74, 6) is 0.741. The van der Waals surface area contributed by atoms with Crippen molar-refractivity contribution in [3.8, 4) is 22.3 Å². The highest BCUT2D eigenvalue weighted by Crippen LogP contribution is 2.50. The maximum atomic E-state index is 9.19. The second kappa shape index (κ2) is 12.8. The van der Waals surface area contributed by atoms with Crippen molar-refractivity contribution in [1.82, 2.24) is 0 Å². The Morgan fingerprint density at radius 2 is 1.13 bits per heavy atom. The normalized spacial score (nSPS) is 14.3. The van der Waals surface area contributed by atoms with Gasteiger partial charge in [0, 0.05) is 39.6 Å². The van der Waals surface area contributed by atoms with Crippen LogP contribution >= 0.6 is 0 Å². The van der Waals surface area contributed by atoms with Crippen LogP contribution < -0.4 is 26.2 Å². The number of aryl methyl sites for hydroxylation is 1. The fourth-order valence-corrected chi connectivity index (χ4v) is 8.21. The smallest absolute Gasteiger partial charge is 0.252 e. The van der Waals surface area contributed by atoms with Crippen LogP contribution in [0.3, 0.4) is 0 Å². The van der Waals surface area contributed by atoms with Crippen molar-refractivity contribution in [1.29, 1.82) is 0 Å². The van der Waals surface area contributed by atoms with Gasteiger partial charge in [-0.15, -0.1) is 0 Å². The highest BCUT2D eigenvalue weighted by Gasteiger charge is 2.44. The Hall–Kier alpha value is -5.80. The molecule has 2 aliphatic heterocycles. The lowest BCUT2D eigenvalue weighted by Gasteiger charge is -2.45. The third-order valence-corrected chi connectivity index (χ3v) is 10.7. The second-order valence-corrected chi connectivity index (χ2v) is 14.7. The molecule has 0 unspecified atom stereocenters. The van der Waals surface area contributed by atoms with Crippen molar-refractivity contribution in [2.75, 3.05) is 9.80 Å². The van der Waals surface area contributed by atoms with Crippen molar-refractivity contribution < 1.29 is 6.85 Å². The van der Waals surface area contributed by atoms with E-state index in [-0.39, 0.29) is 36.4 Å². The maximum absolute atomic E-state index is 9.19. The van der Waals surface area contributed by atoms with Crippen molar-refractivity contribution >= 4 is 57.2 Å². The molecular formula is C49H43BN2. The molecule has 0 saturated carbocycles. The molecule has 0 atom stereocenters. The molecule has 0 spiro atoms. The zero-order valence-electron chi connectivity index (χ0n) is 35.3. The van der Waals surface area contributed by atoms with Gasteiger partial charge in [-0.3, -0.25) is 0 Å². The first-order chi connectivity index (χ1) is 27.5. The minimum atomic E-state index is -0.408. The van der Waals surface area contributed by atoms with Gasteiger partial charge >= 0.3 is 0 Å². The molecule has 0 bridgehead atoms. The SMILES string of the molecule is [2H]c1c([2H])c([2H])c(-c2cccc(-c3ccccc3)c2N2c3ccccc3B3c4cc(C(C)C)ccc4N(c4ccc(C(C)C)cc4)c4cc(C)cc2c43)c([2H])c1[2H]. The molecule has 0 aliphatic carbocycles. The Labute approximate surface area is 316 Å². The van der Waals surface area contributed by atoms with Crippen LogP contribution in [0.2, 0.25) is 0 Å². The summed E-state index contributed by atoms with van der Waals surface area (Å²) in [6.07, 6.45) is 0. The number of fused-ring (bicyclic) bond motifs is 4. The number of para-hydroxylation sites is 2. The first-order valence-corrected chi connectivity index (χ1v) is 18.3. The topological polar surface area (TPSA) is 6.48 Å². The van der Waals surface area contributed by atoms with Crippen LogP contribution in [0.25, 0.3) is 22.3 Å². The molecule has 9 rings (SSSR count). The van der Waals surface area contributed by atoms with Crippen LogP contribution in [-0.2, 0) is 0 Å². The Bertz CT molecular complexity index is 2700. The van der Waals surface area contributed by atoms with Crippen LogP contribution in [0.1, 0.15) is 63.1 Å². The van der Waals surface area contributed by atoms with Crippen LogP contribution in [-0.4, -0.2) is 6.71 Å². The van der Waals surface area contributed by atoms with Crippen LogP contribution in [0.4, 0.5) is 34.1 Å². The number of hydrogen-bond acceptors (Lipinski definition) is 2. The summed E-state index contributed by atoms with van der Waals surface area (Å²) in [4.78, 5) is 4.71. The molecule has 0 saturated heterocycles. The summed E-state index contributed by atoms with van der Waals surface area (Å²) in [6, 6.07) is 43.5. The fraction of sp³-hybridized carbons (Fsp3) is 0.143. The van der Waals surface area contributed by atoms with Gasteiger partial charge in [0.2, 0.25) is 0 Å². The molecular weight excluding hydrogens is 627 g/mol. The standard InChI is InChI=1S/C49H43BN2/c1-32(2)35-23-26-39(27-24-35)51-45-28-25-38(33(3)4)31-43(45)50-42-21-12-13-22-44(42)52(47-30-34(5)29-46(51)48(47)50)49-40(36-15-8-6-9-16-36)19-14-20-41(49)37-17-10-7-11-18-37/h6-33H,1-5H3/i6D,8D,9D,15D,16D. The molecule has 2 aliphatic rings. The van der Waals surface area contributed by atoms with Gasteiger partial charge in [-0.2, -0.15) is 0 Å². The van der Waals surface area contributed by atoms with E-state index in [1.54, 1.807) is 0 Å². The van der Waals surface area contributed by atoms with Crippen molar-refractivity contribution in [2.45, 2.75) is 46.5 Å². The predicted octanol–water partition coefficient (Wildman–Crippen LogP) is 11.7. The fourth-order valence-electron chi connectivity index (χ4n) is 8.21. The first-order valence-electron chi connectivity index (χ1n) is 20.8. The van der Waals surface area contributed by atoms with Gasteiger partial charge in [0.05, 0.1) is 12.5 Å². The summed E-state index contributed by atoms with van der Waals surface area (Å²) in [7, 11) is 0. The molecule has 0 amide bonds. The lowest BCUT2D eigenvalue weighted by Crippen LogP contribution is -2.61. The zero-order chi connectivity index (χ0) is 39.9. The van der Waals surface area contributed by atoms with Gasteiger partial charge in [-0.1, -0.05) is 149 Å². The summed E-state index contributed by atoms with van der Waals surface area (Å²) >= 11 is 0. The summed E-state index contributed by atoms with van der Waals surface area (Å²) in [5.41, 5.74) is 15.8. The summed E-state index contributed by atoms with van der Waals surface area (Å²) in [5, 5.41) is 0. The van der Waals surface area contributed by atoms with Crippen molar-refractivity contribution in [3.63, 3.8) is 0 Å². The van der Waals surface area contributed by atoms with Crippen LogP contribution in [0.15, 0.2) is 158 Å². The molecule has 7 aromatic carbocycles. The number of hydrogen-bond donors (Lipinski definition) is 0. The molecule has 2 heterocycles. The highest BCUT2D eigenvalue weighted by molar-refractivity contribution is 7.00. The molecule has 2 nitrogen and oxygen atoms in total. The Kier molecular flexibility index (Phi) is 6.61.